The SMILES string of the molecule is C[C@H]1C=C2C=C[C@H](C)[C@H](CC[C@@H]3C[C@@H](O)CC(=O)O3)[C@H]2[C@@H](OC(=O)C(C)(C)S(C)(=O)=O)C1. The molecule has 0 unspecified atom stereocenters. The average Bonchev–Trinajstić information content (AvgIpc) is 2.65. The van der Waals surface area contributed by atoms with E-state index in [0.29, 0.717) is 19.3 Å². The zero-order chi connectivity index (χ0) is 23.8. The third kappa shape index (κ3) is 5.28. The maximum Gasteiger partial charge on any atom is 0.327 e. The summed E-state index contributed by atoms with van der Waals surface area (Å²) < 4.78 is 34.0. The fourth-order valence-electron chi connectivity index (χ4n) is 5.07. The number of rotatable bonds is 6. The van der Waals surface area contributed by atoms with Gasteiger partial charge in [0.2, 0.25) is 0 Å². The number of esters is 2. The summed E-state index contributed by atoms with van der Waals surface area (Å²) in [5.74, 6) is -0.561. The number of ether oxygens (including phenoxy) is 2. The molecule has 1 saturated heterocycles. The van der Waals surface area contributed by atoms with E-state index in [4.69, 9.17) is 9.47 Å². The molecule has 32 heavy (non-hydrogen) atoms. The van der Waals surface area contributed by atoms with Gasteiger partial charge in [-0.15, -0.1) is 0 Å². The summed E-state index contributed by atoms with van der Waals surface area (Å²) in [6.07, 6.45) is 8.59. The van der Waals surface area contributed by atoms with Gasteiger partial charge < -0.3 is 14.6 Å². The van der Waals surface area contributed by atoms with E-state index < -0.39 is 32.8 Å². The van der Waals surface area contributed by atoms with Gasteiger partial charge in [0.15, 0.2) is 14.6 Å². The first kappa shape index (κ1) is 25.0. The first-order valence-corrected chi connectivity index (χ1v) is 13.4. The Bertz CT molecular complexity index is 901. The van der Waals surface area contributed by atoms with E-state index in [1.807, 2.05) is 0 Å². The number of aliphatic hydroxyl groups is 1. The molecular formula is C24H36O7S. The highest BCUT2D eigenvalue weighted by molar-refractivity contribution is 7.92. The summed E-state index contributed by atoms with van der Waals surface area (Å²) in [5, 5.41) is 9.91. The molecule has 3 rings (SSSR count). The van der Waals surface area contributed by atoms with E-state index in [1.165, 1.54) is 13.8 Å². The second kappa shape index (κ2) is 9.29. The molecular weight excluding hydrogens is 432 g/mol. The molecule has 0 bridgehead atoms. The van der Waals surface area contributed by atoms with E-state index >= 15 is 0 Å². The molecule has 7 nitrogen and oxygen atoms in total. The fraction of sp³-hybridized carbons (Fsp3) is 0.750. The minimum absolute atomic E-state index is 0.0423. The maximum atomic E-state index is 12.9. The van der Waals surface area contributed by atoms with Crippen LogP contribution in [-0.2, 0) is 28.9 Å². The lowest BCUT2D eigenvalue weighted by Crippen LogP contribution is -2.47. The van der Waals surface area contributed by atoms with E-state index in [9.17, 15) is 23.1 Å². The van der Waals surface area contributed by atoms with Crippen molar-refractivity contribution in [1.29, 1.82) is 0 Å². The van der Waals surface area contributed by atoms with Crippen molar-refractivity contribution < 1.29 is 32.6 Å². The van der Waals surface area contributed by atoms with Crippen LogP contribution < -0.4 is 0 Å². The van der Waals surface area contributed by atoms with Gasteiger partial charge in [0.05, 0.1) is 12.5 Å². The van der Waals surface area contributed by atoms with E-state index in [0.717, 1.165) is 18.2 Å². The van der Waals surface area contributed by atoms with Gasteiger partial charge >= 0.3 is 11.9 Å². The summed E-state index contributed by atoms with van der Waals surface area (Å²) in [6.45, 7) is 6.96. The summed E-state index contributed by atoms with van der Waals surface area (Å²) in [7, 11) is -3.63. The molecule has 0 radical (unpaired) electrons. The second-order valence-corrected chi connectivity index (χ2v) is 12.9. The van der Waals surface area contributed by atoms with E-state index in [-0.39, 0.29) is 42.2 Å². The van der Waals surface area contributed by atoms with Crippen molar-refractivity contribution in [3.8, 4) is 0 Å². The van der Waals surface area contributed by atoms with Crippen LogP contribution in [-0.4, -0.2) is 54.8 Å². The zero-order valence-corrected chi connectivity index (χ0v) is 20.4. The van der Waals surface area contributed by atoms with Gasteiger partial charge in [-0.2, -0.15) is 0 Å². The van der Waals surface area contributed by atoms with Crippen molar-refractivity contribution in [3.05, 3.63) is 23.8 Å². The van der Waals surface area contributed by atoms with Crippen molar-refractivity contribution in [1.82, 2.24) is 0 Å². The summed E-state index contributed by atoms with van der Waals surface area (Å²) in [6, 6.07) is 0. The van der Waals surface area contributed by atoms with Gasteiger partial charge in [-0.25, -0.2) is 8.42 Å². The number of fused-ring (bicyclic) bond motifs is 1. The van der Waals surface area contributed by atoms with Crippen molar-refractivity contribution in [2.24, 2.45) is 23.7 Å². The highest BCUT2D eigenvalue weighted by atomic mass is 32.2. The van der Waals surface area contributed by atoms with Gasteiger partial charge in [0.25, 0.3) is 0 Å². The standard InChI is InChI=1S/C24H36O7S/c1-14-10-16-7-6-15(2)19(9-8-18-12-17(25)13-21(26)30-18)22(16)20(11-14)31-23(27)24(3,4)32(5,28)29/h6-7,10,14-15,17-20,22,25H,8-9,11-13H2,1-5H3/t14-,15-,17+,18+,19-,20-,22-/m0/s1. The summed E-state index contributed by atoms with van der Waals surface area (Å²) in [4.78, 5) is 24.6. The molecule has 8 heteroatoms. The van der Waals surface area contributed by atoms with Crippen LogP contribution in [0.15, 0.2) is 23.8 Å². The van der Waals surface area contributed by atoms with Gasteiger partial charge in [-0.1, -0.05) is 32.1 Å². The van der Waals surface area contributed by atoms with Crippen LogP contribution in [0.1, 0.15) is 59.8 Å². The number of hydrogen-bond acceptors (Lipinski definition) is 7. The molecule has 1 fully saturated rings. The minimum Gasteiger partial charge on any atom is -0.462 e. The van der Waals surface area contributed by atoms with E-state index in [1.54, 1.807) is 0 Å². The van der Waals surface area contributed by atoms with Crippen molar-refractivity contribution in [2.75, 3.05) is 6.26 Å². The number of allylic oxidation sites excluding steroid dienone is 3. The van der Waals surface area contributed by atoms with E-state index in [2.05, 4.69) is 32.1 Å². The molecule has 3 aliphatic rings. The first-order chi connectivity index (χ1) is 14.8. The van der Waals surface area contributed by atoms with Crippen LogP contribution in [0.25, 0.3) is 0 Å². The molecule has 0 amide bonds. The molecule has 0 aromatic carbocycles. The molecule has 0 aromatic rings. The number of carbonyl (C=O) groups excluding carboxylic acids is 2. The highest BCUT2D eigenvalue weighted by Gasteiger charge is 2.46. The predicted octanol–water partition coefficient (Wildman–Crippen LogP) is 2.97. The zero-order valence-electron chi connectivity index (χ0n) is 19.6. The Labute approximate surface area is 191 Å². The first-order valence-electron chi connectivity index (χ1n) is 11.5. The maximum absolute atomic E-state index is 12.9. The molecule has 1 aliphatic heterocycles. The Morgan fingerprint density at radius 3 is 2.56 bits per heavy atom. The van der Waals surface area contributed by atoms with Crippen LogP contribution in [0, 0.1) is 23.7 Å². The van der Waals surface area contributed by atoms with Crippen molar-refractivity contribution in [3.63, 3.8) is 0 Å². The molecule has 1 N–H and O–H groups in total. The molecule has 2 aliphatic carbocycles. The Morgan fingerprint density at radius 1 is 1.25 bits per heavy atom. The highest BCUT2D eigenvalue weighted by Crippen LogP contribution is 2.45. The van der Waals surface area contributed by atoms with Gasteiger partial charge in [-0.3, -0.25) is 9.59 Å². The van der Waals surface area contributed by atoms with Crippen molar-refractivity contribution in [2.45, 2.75) is 82.9 Å². The molecule has 0 saturated carbocycles. The lowest BCUT2D eigenvalue weighted by Gasteiger charge is -2.44. The van der Waals surface area contributed by atoms with Crippen LogP contribution in [0.2, 0.25) is 0 Å². The third-order valence-corrected chi connectivity index (χ3v) is 9.35. The average molecular weight is 469 g/mol. The number of cyclic esters (lactones) is 1. The lowest BCUT2D eigenvalue weighted by molar-refractivity contribution is -0.162. The second-order valence-electron chi connectivity index (χ2n) is 10.3. The fourth-order valence-corrected chi connectivity index (χ4v) is 5.42. The van der Waals surface area contributed by atoms with Crippen LogP contribution in [0.4, 0.5) is 0 Å². The normalized spacial score (nSPS) is 35.5. The Morgan fingerprint density at radius 2 is 1.94 bits per heavy atom. The smallest absolute Gasteiger partial charge is 0.327 e. The molecule has 1 heterocycles. The molecule has 7 atom stereocenters. The Hall–Kier alpha value is -1.67. The molecule has 180 valence electrons. The monoisotopic (exact) mass is 468 g/mol. The third-order valence-electron chi connectivity index (χ3n) is 7.33. The quantitative estimate of drug-likeness (QED) is 0.597. The number of hydrogen-bond donors (Lipinski definition) is 1. The summed E-state index contributed by atoms with van der Waals surface area (Å²) >= 11 is 0. The van der Waals surface area contributed by atoms with Gasteiger partial charge in [-0.05, 0) is 56.4 Å². The molecule has 0 spiro atoms. The largest absolute Gasteiger partial charge is 0.462 e. The minimum atomic E-state index is -3.63. The van der Waals surface area contributed by atoms with Crippen molar-refractivity contribution >= 4 is 21.8 Å². The van der Waals surface area contributed by atoms with Gasteiger partial charge in [0.1, 0.15) is 12.2 Å². The lowest BCUT2D eigenvalue weighted by atomic mass is 9.65. The number of aliphatic hydroxyl groups excluding tert-OH is 1. The Balaban J connectivity index is 1.80. The van der Waals surface area contributed by atoms with Crippen LogP contribution >= 0.6 is 0 Å². The number of sulfone groups is 1. The predicted molar refractivity (Wildman–Crippen MR) is 120 cm³/mol. The summed E-state index contributed by atoms with van der Waals surface area (Å²) in [5.41, 5.74) is 1.11. The molecule has 0 aromatic heterocycles. The topological polar surface area (TPSA) is 107 Å². The van der Waals surface area contributed by atoms with Crippen LogP contribution in [0.3, 0.4) is 0 Å². The number of carbonyl (C=O) groups is 2. The Kier molecular flexibility index (Phi) is 7.25. The van der Waals surface area contributed by atoms with Gasteiger partial charge in [0, 0.05) is 18.6 Å². The van der Waals surface area contributed by atoms with Crippen LogP contribution in [0.5, 0.6) is 0 Å².